The number of carboxylic acid groups (broad SMARTS) is 1. The van der Waals surface area contributed by atoms with Gasteiger partial charge in [0, 0.05) is 38.2 Å². The lowest BCUT2D eigenvalue weighted by molar-refractivity contribution is -0.138. The van der Waals surface area contributed by atoms with Gasteiger partial charge in [-0.25, -0.2) is 13.2 Å². The Morgan fingerprint density at radius 3 is 2.50 bits per heavy atom. The molecule has 1 saturated heterocycles. The van der Waals surface area contributed by atoms with Gasteiger partial charge >= 0.3 is 12.1 Å². The van der Waals surface area contributed by atoms with Crippen LogP contribution in [0.3, 0.4) is 0 Å². The molecule has 1 amide bonds. The van der Waals surface area contributed by atoms with Crippen LogP contribution in [0.5, 0.6) is 0 Å². The maximum atomic E-state index is 12.3. The van der Waals surface area contributed by atoms with Gasteiger partial charge in [-0.2, -0.15) is 0 Å². The number of hydrogen-bond donors (Lipinski definition) is 2. The monoisotopic (exact) mass is 494 g/mol. The average molecular weight is 495 g/mol. The number of ether oxygens (including phenoxy) is 1. The molecule has 1 aromatic carbocycles. The highest BCUT2D eigenvalue weighted by Gasteiger charge is 2.36. The van der Waals surface area contributed by atoms with E-state index >= 15 is 0 Å². The topological polar surface area (TPSA) is 113 Å². The molecule has 0 spiro atoms. The summed E-state index contributed by atoms with van der Waals surface area (Å²) in [5, 5.41) is 12.1. The number of benzene rings is 1. The molecule has 1 aromatic rings. The van der Waals surface area contributed by atoms with Crippen LogP contribution in [0.15, 0.2) is 24.3 Å². The number of carbonyl (C=O) groups excluding carboxylic acids is 1. The smallest absolute Gasteiger partial charge is 0.410 e. The van der Waals surface area contributed by atoms with Crippen molar-refractivity contribution in [1.82, 2.24) is 10.2 Å². The van der Waals surface area contributed by atoms with E-state index in [2.05, 4.69) is 5.32 Å². The molecule has 3 unspecified atom stereocenters. The predicted molar refractivity (Wildman–Crippen MR) is 130 cm³/mol. The lowest BCUT2D eigenvalue weighted by Gasteiger charge is -2.37. The van der Waals surface area contributed by atoms with Crippen molar-refractivity contribution in [3.8, 4) is 0 Å². The molecule has 2 aliphatic rings. The maximum absolute atomic E-state index is 12.3. The molecule has 2 N–H and O–H groups in total. The molecule has 0 aliphatic carbocycles. The summed E-state index contributed by atoms with van der Waals surface area (Å²) in [5.41, 5.74) is 1.98. The van der Waals surface area contributed by atoms with Gasteiger partial charge in [-0.1, -0.05) is 37.1 Å². The van der Waals surface area contributed by atoms with Crippen LogP contribution >= 0.6 is 0 Å². The first-order valence-corrected chi connectivity index (χ1v) is 14.2. The first-order chi connectivity index (χ1) is 16.0. The minimum absolute atomic E-state index is 0.0119. The van der Waals surface area contributed by atoms with Gasteiger partial charge in [0.1, 0.15) is 5.37 Å². The van der Waals surface area contributed by atoms with Gasteiger partial charge in [0.15, 0.2) is 9.84 Å². The second kappa shape index (κ2) is 11.5. The van der Waals surface area contributed by atoms with Gasteiger partial charge in [-0.15, -0.1) is 0 Å². The molecule has 0 aromatic heterocycles. The summed E-state index contributed by atoms with van der Waals surface area (Å²) < 4.78 is 29.9. The first kappa shape index (κ1) is 26.5. The lowest BCUT2D eigenvalue weighted by Crippen LogP contribution is -2.46. The molecule has 9 heteroatoms. The zero-order chi connectivity index (χ0) is 24.9. The van der Waals surface area contributed by atoms with Crippen LogP contribution in [0, 0.1) is 11.8 Å². The minimum atomic E-state index is -3.32. The van der Waals surface area contributed by atoms with E-state index in [4.69, 9.17) is 4.74 Å². The van der Waals surface area contributed by atoms with E-state index in [1.165, 1.54) is 6.26 Å². The fourth-order valence-electron chi connectivity index (χ4n) is 5.20. The Morgan fingerprint density at radius 1 is 1.21 bits per heavy atom. The van der Waals surface area contributed by atoms with E-state index in [0.717, 1.165) is 36.8 Å². The SMILES string of the molecule is CC(C)OC(=O)N1CCC(CCCC(CC(=O)O)C2NC(S(C)(=O)=O)Cc3ccccc32)CC1. The molecule has 0 saturated carbocycles. The van der Waals surface area contributed by atoms with Gasteiger partial charge in [0.2, 0.25) is 0 Å². The number of likely N-dealkylation sites (tertiary alicyclic amines) is 1. The fraction of sp³-hybridized carbons (Fsp3) is 0.680. The molecule has 0 bridgehead atoms. The van der Waals surface area contributed by atoms with E-state index in [9.17, 15) is 23.1 Å². The maximum Gasteiger partial charge on any atom is 0.410 e. The summed E-state index contributed by atoms with van der Waals surface area (Å²) in [6.45, 7) is 5.05. The number of amides is 1. The fourth-order valence-corrected chi connectivity index (χ4v) is 6.07. The Morgan fingerprint density at radius 2 is 1.88 bits per heavy atom. The number of sulfone groups is 1. The largest absolute Gasteiger partial charge is 0.481 e. The second-order valence-electron chi connectivity index (χ2n) is 10.0. The summed E-state index contributed by atoms with van der Waals surface area (Å²) in [6, 6.07) is 7.43. The van der Waals surface area contributed by atoms with E-state index in [-0.39, 0.29) is 30.6 Å². The summed E-state index contributed by atoms with van der Waals surface area (Å²) in [6.07, 6.45) is 5.58. The number of hydrogen-bond acceptors (Lipinski definition) is 6. The van der Waals surface area contributed by atoms with Crippen LogP contribution in [0.2, 0.25) is 0 Å². The quantitative estimate of drug-likeness (QED) is 0.537. The van der Waals surface area contributed by atoms with Crippen molar-refractivity contribution in [3.63, 3.8) is 0 Å². The third-order valence-electron chi connectivity index (χ3n) is 6.98. The van der Waals surface area contributed by atoms with Gasteiger partial charge in [-0.3, -0.25) is 10.1 Å². The molecular formula is C25H38N2O6S. The number of nitrogens with one attached hydrogen (secondary N) is 1. The molecule has 2 aliphatic heterocycles. The zero-order valence-corrected chi connectivity index (χ0v) is 21.2. The summed E-state index contributed by atoms with van der Waals surface area (Å²) in [4.78, 5) is 25.5. The van der Waals surface area contributed by atoms with Gasteiger partial charge in [0.05, 0.1) is 6.10 Å². The predicted octanol–water partition coefficient (Wildman–Crippen LogP) is 3.76. The van der Waals surface area contributed by atoms with Crippen LogP contribution in [-0.2, 0) is 25.8 Å². The van der Waals surface area contributed by atoms with Gasteiger partial charge in [0.25, 0.3) is 0 Å². The molecule has 3 atom stereocenters. The van der Waals surface area contributed by atoms with Crippen molar-refractivity contribution in [1.29, 1.82) is 0 Å². The van der Waals surface area contributed by atoms with Gasteiger partial charge < -0.3 is 14.7 Å². The highest BCUT2D eigenvalue weighted by molar-refractivity contribution is 7.91. The van der Waals surface area contributed by atoms with Crippen LogP contribution < -0.4 is 5.32 Å². The number of aliphatic carboxylic acids is 1. The number of nitrogens with zero attached hydrogens (tertiary/aromatic N) is 1. The van der Waals surface area contributed by atoms with E-state index < -0.39 is 21.2 Å². The number of rotatable bonds is 9. The lowest BCUT2D eigenvalue weighted by atomic mass is 9.81. The third kappa shape index (κ3) is 7.18. The highest BCUT2D eigenvalue weighted by atomic mass is 32.2. The summed E-state index contributed by atoms with van der Waals surface area (Å²) in [7, 11) is -3.32. The number of carbonyl (C=O) groups is 2. The minimum Gasteiger partial charge on any atom is -0.481 e. The second-order valence-corrected chi connectivity index (χ2v) is 12.2. The number of fused-ring (bicyclic) bond motifs is 1. The van der Waals surface area contributed by atoms with Crippen molar-refractivity contribution in [2.24, 2.45) is 11.8 Å². The van der Waals surface area contributed by atoms with E-state index in [1.807, 2.05) is 38.1 Å². The Bertz CT molecular complexity index is 956. The van der Waals surface area contributed by atoms with E-state index in [0.29, 0.717) is 31.8 Å². The van der Waals surface area contributed by atoms with Crippen LogP contribution in [0.4, 0.5) is 4.79 Å². The molecule has 0 radical (unpaired) electrons. The van der Waals surface area contributed by atoms with Crippen molar-refractivity contribution in [2.75, 3.05) is 19.3 Å². The Hall–Kier alpha value is -2.13. The van der Waals surface area contributed by atoms with Crippen molar-refractivity contribution < 1.29 is 27.9 Å². The zero-order valence-electron chi connectivity index (χ0n) is 20.4. The molecule has 190 valence electrons. The number of carboxylic acids is 1. The average Bonchev–Trinajstić information content (AvgIpc) is 2.76. The molecule has 1 fully saturated rings. The molecule has 8 nitrogen and oxygen atoms in total. The van der Waals surface area contributed by atoms with Crippen molar-refractivity contribution in [3.05, 3.63) is 35.4 Å². The first-order valence-electron chi connectivity index (χ1n) is 12.2. The van der Waals surface area contributed by atoms with Crippen LogP contribution in [0.25, 0.3) is 0 Å². The van der Waals surface area contributed by atoms with E-state index in [1.54, 1.807) is 4.90 Å². The Kier molecular flexibility index (Phi) is 8.98. The third-order valence-corrected chi connectivity index (χ3v) is 8.32. The van der Waals surface area contributed by atoms with Crippen molar-refractivity contribution >= 4 is 21.9 Å². The number of piperidine rings is 1. The normalized spacial score (nSPS) is 22.3. The van der Waals surface area contributed by atoms with Crippen LogP contribution in [0.1, 0.15) is 69.5 Å². The van der Waals surface area contributed by atoms with Gasteiger partial charge in [-0.05, 0) is 56.1 Å². The van der Waals surface area contributed by atoms with Crippen LogP contribution in [-0.4, -0.2) is 61.3 Å². The standard InChI is InChI=1S/C25H38N2O6S/c1-17(2)33-25(30)27-13-11-18(12-14-27)7-6-9-20(16-23(28)29)24-21-10-5-4-8-19(21)15-22(26-24)34(3,31)32/h4-5,8,10,17-18,20,22,24,26H,6-7,9,11-16H2,1-3H3,(H,28,29). The molecule has 3 rings (SSSR count). The molecular weight excluding hydrogens is 456 g/mol. The Labute approximate surface area is 203 Å². The Balaban J connectivity index is 1.61. The highest BCUT2D eigenvalue weighted by Crippen LogP contribution is 2.37. The summed E-state index contributed by atoms with van der Waals surface area (Å²) in [5.74, 6) is -0.587. The van der Waals surface area contributed by atoms with Crippen molar-refractivity contribution in [2.45, 2.75) is 76.3 Å². The molecule has 34 heavy (non-hydrogen) atoms. The summed E-state index contributed by atoms with van der Waals surface area (Å²) >= 11 is 0. The molecule has 2 heterocycles.